The molecule has 0 saturated carbocycles. The zero-order valence-electron chi connectivity index (χ0n) is 22.9. The molecule has 1 saturated heterocycles. The topological polar surface area (TPSA) is 111 Å². The Morgan fingerprint density at radius 1 is 1.15 bits per heavy atom. The average Bonchev–Trinajstić information content (AvgIpc) is 3.62. The minimum atomic E-state index is -0.334. The van der Waals surface area contributed by atoms with Crippen LogP contribution in [0.15, 0.2) is 67.4 Å². The Morgan fingerprint density at radius 3 is 2.78 bits per heavy atom. The Bertz CT molecular complexity index is 1770. The SMILES string of the molecule is CCSN1CC(CC#N)(n2cc(-c3ncnc4c3ccn4COC(=O)Cc3ccc4cc(OC)ccc4c3)cn2)C1. The summed E-state index contributed by atoms with van der Waals surface area (Å²) in [6.45, 7) is 3.71. The van der Waals surface area contributed by atoms with Gasteiger partial charge in [0.15, 0.2) is 6.73 Å². The predicted molar refractivity (Wildman–Crippen MR) is 157 cm³/mol. The van der Waals surface area contributed by atoms with Gasteiger partial charge in [0, 0.05) is 42.2 Å². The summed E-state index contributed by atoms with van der Waals surface area (Å²) >= 11 is 1.78. The molecule has 4 heterocycles. The van der Waals surface area contributed by atoms with E-state index in [-0.39, 0.29) is 24.7 Å². The fraction of sp³-hybridized carbons (Fsp3) is 0.300. The van der Waals surface area contributed by atoms with Crippen LogP contribution in [0.5, 0.6) is 5.75 Å². The van der Waals surface area contributed by atoms with Crippen molar-refractivity contribution < 1.29 is 14.3 Å². The van der Waals surface area contributed by atoms with E-state index in [1.54, 1.807) is 29.8 Å². The van der Waals surface area contributed by atoms with Crippen molar-refractivity contribution in [2.75, 3.05) is 26.0 Å². The third kappa shape index (κ3) is 5.24. The van der Waals surface area contributed by atoms with Gasteiger partial charge in [-0.25, -0.2) is 14.3 Å². The number of carbonyl (C=O) groups excluding carboxylic acids is 1. The summed E-state index contributed by atoms with van der Waals surface area (Å²) in [7, 11) is 1.64. The van der Waals surface area contributed by atoms with Crippen LogP contribution in [0.3, 0.4) is 0 Å². The number of ether oxygens (including phenoxy) is 2. The average molecular weight is 568 g/mol. The Labute approximate surface area is 241 Å². The summed E-state index contributed by atoms with van der Waals surface area (Å²) in [6, 6.07) is 16.0. The van der Waals surface area contributed by atoms with E-state index in [0.29, 0.717) is 12.1 Å². The molecule has 0 bridgehead atoms. The summed E-state index contributed by atoms with van der Waals surface area (Å²) in [5, 5.41) is 17.0. The van der Waals surface area contributed by atoms with E-state index in [4.69, 9.17) is 9.47 Å². The maximum Gasteiger partial charge on any atom is 0.311 e. The maximum absolute atomic E-state index is 12.7. The van der Waals surface area contributed by atoms with Crippen LogP contribution in [0.25, 0.3) is 33.1 Å². The van der Waals surface area contributed by atoms with Gasteiger partial charge in [-0.3, -0.25) is 14.0 Å². The third-order valence-corrected chi connectivity index (χ3v) is 8.27. The molecule has 1 aliphatic rings. The lowest BCUT2D eigenvalue weighted by atomic mass is 9.89. The van der Waals surface area contributed by atoms with E-state index in [1.165, 1.54) is 6.33 Å². The molecule has 208 valence electrons. The van der Waals surface area contributed by atoms with Gasteiger partial charge in [0.2, 0.25) is 0 Å². The van der Waals surface area contributed by atoms with Gasteiger partial charge < -0.3 is 9.47 Å². The highest BCUT2D eigenvalue weighted by molar-refractivity contribution is 7.97. The van der Waals surface area contributed by atoms with Crippen LogP contribution in [0.4, 0.5) is 0 Å². The molecule has 0 aliphatic carbocycles. The number of hydrogen-bond acceptors (Lipinski definition) is 9. The lowest BCUT2D eigenvalue weighted by molar-refractivity contribution is -0.146. The zero-order chi connectivity index (χ0) is 28.4. The van der Waals surface area contributed by atoms with Crippen molar-refractivity contribution in [3.05, 3.63) is 72.9 Å². The number of methoxy groups -OCH3 is 1. The van der Waals surface area contributed by atoms with Crippen molar-refractivity contribution in [3.63, 3.8) is 0 Å². The minimum absolute atomic E-state index is 0.0407. The number of nitrogens with zero attached hydrogens (tertiary/aromatic N) is 7. The first-order chi connectivity index (χ1) is 20.0. The zero-order valence-corrected chi connectivity index (χ0v) is 23.7. The molecule has 11 heteroatoms. The highest BCUT2D eigenvalue weighted by atomic mass is 32.2. The first-order valence-electron chi connectivity index (χ1n) is 13.3. The molecule has 1 fully saturated rings. The monoisotopic (exact) mass is 567 g/mol. The van der Waals surface area contributed by atoms with Gasteiger partial charge in [-0.05, 0) is 34.5 Å². The molecule has 1 aliphatic heterocycles. The van der Waals surface area contributed by atoms with Gasteiger partial charge in [-0.2, -0.15) is 10.4 Å². The fourth-order valence-corrected chi connectivity index (χ4v) is 6.31. The van der Waals surface area contributed by atoms with E-state index in [1.807, 2.05) is 59.5 Å². The van der Waals surface area contributed by atoms with Crippen LogP contribution < -0.4 is 4.74 Å². The number of nitriles is 1. The maximum atomic E-state index is 12.7. The second-order valence-corrected chi connectivity index (χ2v) is 11.4. The second kappa shape index (κ2) is 11.2. The molecule has 41 heavy (non-hydrogen) atoms. The molecule has 0 amide bonds. The third-order valence-electron chi connectivity index (χ3n) is 7.38. The normalized spacial score (nSPS) is 14.6. The van der Waals surface area contributed by atoms with Crippen LogP contribution in [0.1, 0.15) is 18.9 Å². The van der Waals surface area contributed by atoms with Crippen molar-refractivity contribution in [1.82, 2.24) is 28.6 Å². The summed E-state index contributed by atoms with van der Waals surface area (Å²) in [5.74, 6) is 1.47. The van der Waals surface area contributed by atoms with E-state index < -0.39 is 0 Å². The standard InChI is InChI=1S/C30H29N7O3S/c1-3-41-36-17-30(18-36,9-10-31)37-16-24(15-34-37)28-26-8-11-35(29(26)33-19-32-28)20-40-27(38)13-21-4-5-23-14-25(39-2)7-6-22(23)12-21/h4-8,11-12,14-16,19H,3,9,13,17-18,20H2,1-2H3. The van der Waals surface area contributed by atoms with Crippen LogP contribution in [0.2, 0.25) is 0 Å². The highest BCUT2D eigenvalue weighted by Crippen LogP contribution is 2.37. The summed E-state index contributed by atoms with van der Waals surface area (Å²) < 4.78 is 16.9. The number of fused-ring (bicyclic) bond motifs is 2. The van der Waals surface area contributed by atoms with Crippen molar-refractivity contribution in [2.24, 2.45) is 0 Å². The molecule has 0 spiro atoms. The van der Waals surface area contributed by atoms with Gasteiger partial charge in [-0.15, -0.1) is 0 Å². The van der Waals surface area contributed by atoms with Gasteiger partial charge in [0.05, 0.1) is 37.9 Å². The minimum Gasteiger partial charge on any atom is -0.497 e. The van der Waals surface area contributed by atoms with Gasteiger partial charge >= 0.3 is 5.97 Å². The molecular formula is C30H29N7O3S. The number of rotatable bonds is 10. The second-order valence-electron chi connectivity index (χ2n) is 10.1. The number of aromatic nitrogens is 5. The summed E-state index contributed by atoms with van der Waals surface area (Å²) in [6.07, 6.45) is 7.65. The number of benzene rings is 2. The molecule has 10 nitrogen and oxygen atoms in total. The number of carbonyl (C=O) groups is 1. The fourth-order valence-electron chi connectivity index (χ4n) is 5.28. The van der Waals surface area contributed by atoms with E-state index in [9.17, 15) is 10.1 Å². The van der Waals surface area contributed by atoms with Gasteiger partial charge in [0.1, 0.15) is 23.3 Å². The smallest absolute Gasteiger partial charge is 0.311 e. The highest BCUT2D eigenvalue weighted by Gasteiger charge is 2.45. The Kier molecular flexibility index (Phi) is 7.34. The Morgan fingerprint density at radius 2 is 1.98 bits per heavy atom. The lowest BCUT2D eigenvalue weighted by Gasteiger charge is -2.48. The predicted octanol–water partition coefficient (Wildman–Crippen LogP) is 4.79. The van der Waals surface area contributed by atoms with Gasteiger partial charge in [0.25, 0.3) is 0 Å². The molecule has 5 aromatic rings. The molecule has 0 atom stereocenters. The largest absolute Gasteiger partial charge is 0.497 e. The first-order valence-corrected chi connectivity index (χ1v) is 14.3. The molecule has 0 N–H and O–H groups in total. The number of hydrogen-bond donors (Lipinski definition) is 0. The van der Waals surface area contributed by atoms with Crippen LogP contribution in [0, 0.1) is 11.3 Å². The van der Waals surface area contributed by atoms with E-state index in [2.05, 4.69) is 32.4 Å². The van der Waals surface area contributed by atoms with Crippen molar-refractivity contribution in [3.8, 4) is 23.1 Å². The lowest BCUT2D eigenvalue weighted by Crippen LogP contribution is -2.60. The Hall–Kier alpha value is -4.40. The van der Waals surface area contributed by atoms with Crippen LogP contribution in [-0.4, -0.2) is 60.5 Å². The quantitative estimate of drug-likeness (QED) is 0.174. The Balaban J connectivity index is 1.15. The van der Waals surface area contributed by atoms with Crippen molar-refractivity contribution >= 4 is 39.7 Å². The van der Waals surface area contributed by atoms with Crippen LogP contribution >= 0.6 is 11.9 Å². The van der Waals surface area contributed by atoms with Crippen LogP contribution in [-0.2, 0) is 28.2 Å². The molecule has 2 aromatic carbocycles. The van der Waals surface area contributed by atoms with Crippen molar-refractivity contribution in [1.29, 1.82) is 5.26 Å². The van der Waals surface area contributed by atoms with Gasteiger partial charge in [-0.1, -0.05) is 43.1 Å². The summed E-state index contributed by atoms with van der Waals surface area (Å²) in [5.41, 5.74) is 2.80. The van der Waals surface area contributed by atoms with E-state index in [0.717, 1.165) is 57.6 Å². The first kappa shape index (κ1) is 26.8. The van der Waals surface area contributed by atoms with E-state index >= 15 is 0 Å². The molecule has 0 unspecified atom stereocenters. The molecule has 3 aromatic heterocycles. The molecule has 0 radical (unpaired) electrons. The molecular weight excluding hydrogens is 538 g/mol. The molecule has 6 rings (SSSR count). The number of esters is 1. The van der Waals surface area contributed by atoms with Crippen molar-refractivity contribution in [2.45, 2.75) is 32.0 Å². The summed E-state index contributed by atoms with van der Waals surface area (Å²) in [4.78, 5) is 21.7.